The zero-order chi connectivity index (χ0) is 19.3. The van der Waals surface area contributed by atoms with Gasteiger partial charge in [-0.1, -0.05) is 65.7 Å². The summed E-state index contributed by atoms with van der Waals surface area (Å²) in [6, 6.07) is 19.8. The highest BCUT2D eigenvalue weighted by Gasteiger charge is 2.42. The molecule has 6 heteroatoms. The largest absolute Gasteiger partial charge is 0.463 e. The van der Waals surface area contributed by atoms with Crippen molar-refractivity contribution in [1.29, 1.82) is 0 Å². The molecule has 0 N–H and O–H groups in total. The molecule has 0 fully saturated rings. The maximum Gasteiger partial charge on any atom is 0.213 e. The predicted octanol–water partition coefficient (Wildman–Crippen LogP) is 6.37. The number of benzene rings is 3. The zero-order valence-corrected chi connectivity index (χ0v) is 16.2. The monoisotopic (exact) mass is 412 g/mol. The Morgan fingerprint density at radius 1 is 1.00 bits per heavy atom. The smallest absolute Gasteiger partial charge is 0.213 e. The molecule has 0 aromatic heterocycles. The van der Waals surface area contributed by atoms with Crippen LogP contribution in [-0.4, -0.2) is 10.7 Å². The van der Waals surface area contributed by atoms with E-state index in [1.54, 1.807) is 18.2 Å². The third-order valence-corrected chi connectivity index (χ3v) is 5.57. The lowest BCUT2D eigenvalue weighted by Crippen LogP contribution is -2.33. The number of hydrazone groups is 1. The molecule has 2 heterocycles. The SMILES string of the molecule is Fc1ccc(C2=NN3[C@@H](c4ccccc4)Oc4c(Cl)cc(Cl)cc4[C@@H]3C2)cc1. The molecule has 0 aliphatic carbocycles. The fraction of sp³-hybridized carbons (Fsp3) is 0.136. The minimum absolute atomic E-state index is 0.0646. The highest BCUT2D eigenvalue weighted by Crippen LogP contribution is 2.50. The van der Waals surface area contributed by atoms with Gasteiger partial charge in [0.05, 0.1) is 16.8 Å². The lowest BCUT2D eigenvalue weighted by molar-refractivity contribution is -0.0189. The Balaban J connectivity index is 1.63. The maximum absolute atomic E-state index is 13.3. The number of ether oxygens (including phenoxy) is 1. The van der Waals surface area contributed by atoms with E-state index in [9.17, 15) is 4.39 Å². The number of fused-ring (bicyclic) bond motifs is 3. The van der Waals surface area contributed by atoms with E-state index in [2.05, 4.69) is 0 Å². The van der Waals surface area contributed by atoms with Crippen molar-refractivity contribution in [2.75, 3.05) is 0 Å². The fourth-order valence-electron chi connectivity index (χ4n) is 3.77. The van der Waals surface area contributed by atoms with Gasteiger partial charge >= 0.3 is 0 Å². The zero-order valence-electron chi connectivity index (χ0n) is 14.6. The first-order valence-electron chi connectivity index (χ1n) is 8.92. The Hall–Kier alpha value is -2.56. The second kappa shape index (κ2) is 6.80. The van der Waals surface area contributed by atoms with Crippen LogP contribution in [0, 0.1) is 5.82 Å². The molecule has 0 amide bonds. The molecule has 0 saturated carbocycles. The van der Waals surface area contributed by atoms with Crippen LogP contribution >= 0.6 is 23.2 Å². The first kappa shape index (κ1) is 17.5. The van der Waals surface area contributed by atoms with Crippen LogP contribution in [0.25, 0.3) is 0 Å². The number of rotatable bonds is 2. The summed E-state index contributed by atoms with van der Waals surface area (Å²) >= 11 is 12.7. The second-order valence-corrected chi connectivity index (χ2v) is 7.68. The molecule has 28 heavy (non-hydrogen) atoms. The summed E-state index contributed by atoms with van der Waals surface area (Å²) in [7, 11) is 0. The molecule has 5 rings (SSSR count). The summed E-state index contributed by atoms with van der Waals surface area (Å²) in [5.41, 5.74) is 3.65. The molecule has 0 bridgehead atoms. The van der Waals surface area contributed by atoms with Gasteiger partial charge in [-0.2, -0.15) is 5.10 Å². The van der Waals surface area contributed by atoms with Crippen molar-refractivity contribution in [2.45, 2.75) is 18.7 Å². The van der Waals surface area contributed by atoms with E-state index >= 15 is 0 Å². The molecular formula is C22H15Cl2FN2O. The van der Waals surface area contributed by atoms with Gasteiger partial charge in [-0.3, -0.25) is 0 Å². The summed E-state index contributed by atoms with van der Waals surface area (Å²) in [5.74, 6) is 0.367. The number of hydrogen-bond donors (Lipinski definition) is 0. The third-order valence-electron chi connectivity index (χ3n) is 5.07. The molecule has 0 saturated heterocycles. The van der Waals surface area contributed by atoms with Gasteiger partial charge in [0, 0.05) is 22.6 Å². The highest BCUT2D eigenvalue weighted by atomic mass is 35.5. The molecule has 3 nitrogen and oxygen atoms in total. The predicted molar refractivity (Wildman–Crippen MR) is 108 cm³/mol. The van der Waals surface area contributed by atoms with Gasteiger partial charge in [-0.25, -0.2) is 9.40 Å². The average Bonchev–Trinajstić information content (AvgIpc) is 3.14. The standard InChI is InChI=1S/C22H15Cl2FN2O/c23-15-10-17-20-12-19(13-6-8-16(25)9-7-13)26-27(20)22(14-4-2-1-3-5-14)28-21(17)18(24)11-15/h1-11,20,22H,12H2/t20-,22+/m0/s1. The minimum Gasteiger partial charge on any atom is -0.463 e. The van der Waals surface area contributed by atoms with Crippen molar-refractivity contribution in [3.05, 3.63) is 99.3 Å². The van der Waals surface area contributed by atoms with Gasteiger partial charge in [0.25, 0.3) is 0 Å². The molecule has 3 aromatic carbocycles. The van der Waals surface area contributed by atoms with Gasteiger partial charge < -0.3 is 4.74 Å². The number of hydrogen-bond acceptors (Lipinski definition) is 3. The van der Waals surface area contributed by atoms with Gasteiger partial charge in [0.15, 0.2) is 0 Å². The van der Waals surface area contributed by atoms with Crippen LogP contribution in [0.15, 0.2) is 71.8 Å². The van der Waals surface area contributed by atoms with E-state index in [0.29, 0.717) is 22.2 Å². The van der Waals surface area contributed by atoms with Crippen LogP contribution in [-0.2, 0) is 0 Å². The Morgan fingerprint density at radius 3 is 2.50 bits per heavy atom. The van der Waals surface area contributed by atoms with Crippen molar-refractivity contribution >= 4 is 28.9 Å². The first-order valence-corrected chi connectivity index (χ1v) is 9.68. The quantitative estimate of drug-likeness (QED) is 0.487. The summed E-state index contributed by atoms with van der Waals surface area (Å²) in [4.78, 5) is 0. The van der Waals surface area contributed by atoms with Crippen LogP contribution in [0.1, 0.15) is 35.4 Å². The second-order valence-electron chi connectivity index (χ2n) is 6.84. The van der Waals surface area contributed by atoms with Gasteiger partial charge in [0.1, 0.15) is 11.6 Å². The number of nitrogens with zero attached hydrogens (tertiary/aromatic N) is 2. The summed E-state index contributed by atoms with van der Waals surface area (Å²) in [6.45, 7) is 0. The minimum atomic E-state index is -0.407. The van der Waals surface area contributed by atoms with Gasteiger partial charge in [-0.05, 0) is 29.8 Å². The lowest BCUT2D eigenvalue weighted by Gasteiger charge is -2.38. The molecule has 0 unspecified atom stereocenters. The van der Waals surface area contributed by atoms with E-state index in [1.807, 2.05) is 41.4 Å². The van der Waals surface area contributed by atoms with Gasteiger partial charge in [0.2, 0.25) is 6.23 Å². The van der Waals surface area contributed by atoms with Crippen molar-refractivity contribution < 1.29 is 9.13 Å². The molecular weight excluding hydrogens is 398 g/mol. The van der Waals surface area contributed by atoms with E-state index in [0.717, 1.165) is 22.4 Å². The normalized spacial score (nSPS) is 20.2. The van der Waals surface area contributed by atoms with Crippen molar-refractivity contribution in [2.24, 2.45) is 5.10 Å². The Bertz CT molecular complexity index is 1070. The first-order chi connectivity index (χ1) is 13.6. The average molecular weight is 413 g/mol. The Morgan fingerprint density at radius 2 is 1.75 bits per heavy atom. The maximum atomic E-state index is 13.3. The van der Waals surface area contributed by atoms with E-state index in [-0.39, 0.29) is 11.9 Å². The van der Waals surface area contributed by atoms with Gasteiger partial charge in [-0.15, -0.1) is 0 Å². The molecule has 0 spiro atoms. The Kier molecular flexibility index (Phi) is 4.26. The van der Waals surface area contributed by atoms with E-state index in [4.69, 9.17) is 33.0 Å². The summed E-state index contributed by atoms with van der Waals surface area (Å²) in [5, 5.41) is 7.83. The van der Waals surface area contributed by atoms with Crippen molar-refractivity contribution in [1.82, 2.24) is 5.01 Å². The highest BCUT2D eigenvalue weighted by molar-refractivity contribution is 6.35. The molecule has 3 aromatic rings. The lowest BCUT2D eigenvalue weighted by atomic mass is 9.96. The molecule has 140 valence electrons. The topological polar surface area (TPSA) is 24.8 Å². The van der Waals surface area contributed by atoms with Crippen LogP contribution in [0.5, 0.6) is 5.75 Å². The van der Waals surface area contributed by atoms with Crippen LogP contribution in [0.2, 0.25) is 10.0 Å². The van der Waals surface area contributed by atoms with E-state index in [1.165, 1.54) is 12.1 Å². The molecule has 0 radical (unpaired) electrons. The van der Waals surface area contributed by atoms with Crippen molar-refractivity contribution in [3.63, 3.8) is 0 Å². The summed E-state index contributed by atoms with van der Waals surface area (Å²) in [6.07, 6.45) is 0.248. The van der Waals surface area contributed by atoms with Crippen LogP contribution in [0.3, 0.4) is 0 Å². The molecule has 2 atom stereocenters. The molecule has 2 aliphatic rings. The van der Waals surface area contributed by atoms with Crippen LogP contribution in [0.4, 0.5) is 4.39 Å². The van der Waals surface area contributed by atoms with E-state index < -0.39 is 6.23 Å². The fourth-order valence-corrected chi connectivity index (χ4v) is 4.32. The number of halogens is 3. The third kappa shape index (κ3) is 2.93. The van der Waals surface area contributed by atoms with Crippen LogP contribution < -0.4 is 4.74 Å². The molecule has 2 aliphatic heterocycles. The summed E-state index contributed by atoms with van der Waals surface area (Å²) < 4.78 is 19.6. The van der Waals surface area contributed by atoms with Crippen molar-refractivity contribution in [3.8, 4) is 5.75 Å². The Labute approximate surface area is 172 Å².